The highest BCUT2D eigenvalue weighted by Gasteiger charge is 2.54. The van der Waals surface area contributed by atoms with Crippen LogP contribution in [0, 0.1) is 0 Å². The zero-order valence-corrected chi connectivity index (χ0v) is 17.6. The molecule has 0 radical (unpaired) electrons. The largest absolute Gasteiger partial charge is 0.346 e. The molecule has 2 heterocycles. The molecule has 1 saturated heterocycles. The van der Waals surface area contributed by atoms with Crippen LogP contribution in [0.1, 0.15) is 24.8 Å². The van der Waals surface area contributed by atoms with Crippen LogP contribution in [0.5, 0.6) is 0 Å². The second kappa shape index (κ2) is 8.33. The van der Waals surface area contributed by atoms with E-state index in [9.17, 15) is 4.79 Å². The monoisotopic (exact) mass is 424 g/mol. The molecule has 2 unspecified atom stereocenters. The van der Waals surface area contributed by atoms with Crippen LogP contribution >= 0.6 is 23.2 Å². The SMILES string of the molecule is CN(C(=O)Cc1ccc(Cl)c(Cl)c1)C1CCCC2(OCCO2)C1N1CC=CC1. The van der Waals surface area contributed by atoms with Gasteiger partial charge in [-0.1, -0.05) is 41.4 Å². The van der Waals surface area contributed by atoms with Crippen LogP contribution in [0.2, 0.25) is 10.0 Å². The summed E-state index contributed by atoms with van der Waals surface area (Å²) in [6.45, 7) is 2.96. The number of carbonyl (C=O) groups excluding carboxylic acids is 1. The number of carbonyl (C=O) groups is 1. The lowest BCUT2D eigenvalue weighted by Crippen LogP contribution is -2.65. The van der Waals surface area contributed by atoms with Gasteiger partial charge in [-0.15, -0.1) is 0 Å². The van der Waals surface area contributed by atoms with Crippen molar-refractivity contribution in [3.63, 3.8) is 0 Å². The Bertz CT molecular complexity index is 756. The van der Waals surface area contributed by atoms with Gasteiger partial charge in [-0.05, 0) is 30.5 Å². The van der Waals surface area contributed by atoms with E-state index in [4.69, 9.17) is 32.7 Å². The van der Waals surface area contributed by atoms with Crippen LogP contribution < -0.4 is 0 Å². The van der Waals surface area contributed by atoms with Gasteiger partial charge in [0, 0.05) is 26.6 Å². The average Bonchev–Trinajstić information content (AvgIpc) is 3.37. The summed E-state index contributed by atoms with van der Waals surface area (Å²) in [5.41, 5.74) is 0.865. The second-order valence-corrected chi connectivity index (χ2v) is 8.58. The lowest BCUT2D eigenvalue weighted by molar-refractivity contribution is -0.229. The highest BCUT2D eigenvalue weighted by Crippen LogP contribution is 2.41. The summed E-state index contributed by atoms with van der Waals surface area (Å²) < 4.78 is 12.3. The van der Waals surface area contributed by atoms with Crippen LogP contribution in [0.4, 0.5) is 0 Å². The Morgan fingerprint density at radius 3 is 2.61 bits per heavy atom. The summed E-state index contributed by atoms with van der Waals surface area (Å²) in [4.78, 5) is 17.4. The highest BCUT2D eigenvalue weighted by atomic mass is 35.5. The van der Waals surface area contributed by atoms with E-state index in [1.807, 2.05) is 18.0 Å². The van der Waals surface area contributed by atoms with E-state index < -0.39 is 5.79 Å². The molecule has 152 valence electrons. The number of nitrogens with zero attached hydrogens (tertiary/aromatic N) is 2. The minimum absolute atomic E-state index is 0.0292. The normalized spacial score (nSPS) is 26.8. The van der Waals surface area contributed by atoms with Crippen molar-refractivity contribution >= 4 is 29.1 Å². The van der Waals surface area contributed by atoms with E-state index in [1.165, 1.54) is 0 Å². The molecule has 0 aromatic heterocycles. The Morgan fingerprint density at radius 2 is 1.93 bits per heavy atom. The van der Waals surface area contributed by atoms with Crippen molar-refractivity contribution in [2.45, 2.75) is 43.6 Å². The smallest absolute Gasteiger partial charge is 0.227 e. The van der Waals surface area contributed by atoms with Crippen molar-refractivity contribution in [3.05, 3.63) is 46.0 Å². The van der Waals surface area contributed by atoms with Crippen molar-refractivity contribution < 1.29 is 14.3 Å². The molecule has 1 aliphatic carbocycles. The van der Waals surface area contributed by atoms with Gasteiger partial charge in [0.1, 0.15) is 0 Å². The molecule has 5 nitrogen and oxygen atoms in total. The zero-order chi connectivity index (χ0) is 19.7. The molecule has 2 aliphatic heterocycles. The molecule has 1 spiro atoms. The topological polar surface area (TPSA) is 42.0 Å². The van der Waals surface area contributed by atoms with Crippen molar-refractivity contribution in [1.82, 2.24) is 9.80 Å². The first-order valence-electron chi connectivity index (χ1n) is 9.87. The molecule has 1 saturated carbocycles. The Morgan fingerprint density at radius 1 is 1.21 bits per heavy atom. The van der Waals surface area contributed by atoms with Crippen molar-refractivity contribution in [2.75, 3.05) is 33.4 Å². The maximum atomic E-state index is 13.1. The molecule has 28 heavy (non-hydrogen) atoms. The maximum Gasteiger partial charge on any atom is 0.227 e. The first-order chi connectivity index (χ1) is 13.5. The van der Waals surface area contributed by atoms with Crippen molar-refractivity contribution in [1.29, 1.82) is 0 Å². The lowest BCUT2D eigenvalue weighted by Gasteiger charge is -2.50. The quantitative estimate of drug-likeness (QED) is 0.693. The zero-order valence-electron chi connectivity index (χ0n) is 16.1. The van der Waals surface area contributed by atoms with Crippen LogP contribution in [-0.4, -0.2) is 66.9 Å². The molecule has 7 heteroatoms. The number of ether oxygens (including phenoxy) is 2. The first kappa shape index (κ1) is 20.2. The van der Waals surface area contributed by atoms with Gasteiger partial charge in [-0.25, -0.2) is 0 Å². The average molecular weight is 425 g/mol. The summed E-state index contributed by atoms with van der Waals surface area (Å²) in [6.07, 6.45) is 7.44. The van der Waals surface area contributed by atoms with Gasteiger partial charge in [-0.3, -0.25) is 9.69 Å². The predicted molar refractivity (Wildman–Crippen MR) is 110 cm³/mol. The first-order valence-corrected chi connectivity index (χ1v) is 10.6. The third-order valence-electron chi connectivity index (χ3n) is 6.09. The molecule has 1 aromatic carbocycles. The van der Waals surface area contributed by atoms with E-state index in [1.54, 1.807) is 12.1 Å². The van der Waals surface area contributed by atoms with E-state index in [2.05, 4.69) is 17.1 Å². The fourth-order valence-electron chi connectivity index (χ4n) is 4.72. The summed E-state index contributed by atoms with van der Waals surface area (Å²) in [6, 6.07) is 5.43. The van der Waals surface area contributed by atoms with Gasteiger partial charge in [0.25, 0.3) is 0 Å². The van der Waals surface area contributed by atoms with Crippen LogP contribution in [-0.2, 0) is 20.7 Å². The molecule has 0 N–H and O–H groups in total. The summed E-state index contributed by atoms with van der Waals surface area (Å²) in [5, 5.41) is 0.970. The van der Waals surface area contributed by atoms with E-state index in [-0.39, 0.29) is 18.0 Å². The van der Waals surface area contributed by atoms with Crippen molar-refractivity contribution in [2.24, 2.45) is 0 Å². The van der Waals surface area contributed by atoms with Crippen LogP contribution in [0.3, 0.4) is 0 Å². The third-order valence-corrected chi connectivity index (χ3v) is 6.83. The number of halogens is 2. The predicted octanol–water partition coefficient (Wildman–Crippen LogP) is 3.53. The number of benzene rings is 1. The Balaban J connectivity index is 1.54. The molecular weight excluding hydrogens is 399 g/mol. The maximum absolute atomic E-state index is 13.1. The number of rotatable bonds is 4. The second-order valence-electron chi connectivity index (χ2n) is 7.77. The molecular formula is C21H26Cl2N2O3. The molecule has 0 bridgehead atoms. The Hall–Kier alpha value is -1.11. The van der Waals surface area contributed by atoms with Crippen LogP contribution in [0.15, 0.2) is 30.4 Å². The van der Waals surface area contributed by atoms with Gasteiger partial charge < -0.3 is 14.4 Å². The Kier molecular flexibility index (Phi) is 6.00. The van der Waals surface area contributed by atoms with Gasteiger partial charge in [0.05, 0.1) is 41.8 Å². The lowest BCUT2D eigenvalue weighted by atomic mass is 9.82. The van der Waals surface area contributed by atoms with Crippen molar-refractivity contribution in [3.8, 4) is 0 Å². The summed E-state index contributed by atoms with van der Waals surface area (Å²) in [5.74, 6) is -0.539. The molecule has 1 aromatic rings. The van der Waals surface area contributed by atoms with Crippen LogP contribution in [0.25, 0.3) is 0 Å². The fraction of sp³-hybridized carbons (Fsp3) is 0.571. The van der Waals surface area contributed by atoms with Gasteiger partial charge in [0.15, 0.2) is 5.79 Å². The fourth-order valence-corrected chi connectivity index (χ4v) is 5.05. The summed E-state index contributed by atoms with van der Waals surface area (Å²) in [7, 11) is 1.90. The number of amides is 1. The standard InChI is InChI=1S/C21H26Cl2N2O3/c1-24(19(26)14-15-6-7-16(22)17(23)13-15)18-5-4-8-21(27-11-12-28-21)20(18)25-9-2-3-10-25/h2-3,6-7,13,18,20H,4-5,8-12,14H2,1H3. The number of likely N-dealkylation sites (N-methyl/N-ethyl adjacent to an activating group) is 1. The molecule has 1 amide bonds. The van der Waals surface area contributed by atoms with Gasteiger partial charge in [0.2, 0.25) is 5.91 Å². The minimum atomic E-state index is -0.604. The van der Waals surface area contributed by atoms with E-state index >= 15 is 0 Å². The van der Waals surface area contributed by atoms with E-state index in [0.29, 0.717) is 29.7 Å². The minimum Gasteiger partial charge on any atom is -0.346 e. The third kappa shape index (κ3) is 3.83. The molecule has 3 aliphatic rings. The van der Waals surface area contributed by atoms with E-state index in [0.717, 1.165) is 37.9 Å². The summed E-state index contributed by atoms with van der Waals surface area (Å²) >= 11 is 12.1. The van der Waals surface area contributed by atoms with Gasteiger partial charge in [-0.2, -0.15) is 0 Å². The molecule has 2 atom stereocenters. The van der Waals surface area contributed by atoms with Gasteiger partial charge >= 0.3 is 0 Å². The Labute approximate surface area is 176 Å². The number of hydrogen-bond acceptors (Lipinski definition) is 4. The highest BCUT2D eigenvalue weighted by molar-refractivity contribution is 6.42. The molecule has 4 rings (SSSR count). The molecule has 2 fully saturated rings. The number of hydrogen-bond donors (Lipinski definition) is 0.